The van der Waals surface area contributed by atoms with Gasteiger partial charge in [-0.3, -0.25) is 0 Å². The van der Waals surface area contributed by atoms with Gasteiger partial charge < -0.3 is 18.9 Å². The second-order valence-electron chi connectivity index (χ2n) is 13.3. The number of hydrogen-bond donors (Lipinski definition) is 2. The molecule has 0 amide bonds. The number of thiol groups is 2. The van der Waals surface area contributed by atoms with Crippen LogP contribution < -0.4 is 0 Å². The van der Waals surface area contributed by atoms with Crippen LogP contribution in [0.2, 0.25) is 0 Å². The normalized spacial score (nSPS) is 24.6. The van der Waals surface area contributed by atoms with E-state index in [1.54, 1.807) is 0 Å². The van der Waals surface area contributed by atoms with E-state index in [0.717, 1.165) is 12.8 Å². The fraction of sp³-hybridized carbons (Fsp3) is 1.00. The summed E-state index contributed by atoms with van der Waals surface area (Å²) in [7, 11) is 0. The lowest BCUT2D eigenvalue weighted by molar-refractivity contribution is -0.301. The van der Waals surface area contributed by atoms with Crippen molar-refractivity contribution in [3.05, 3.63) is 0 Å². The van der Waals surface area contributed by atoms with E-state index in [2.05, 4.69) is 13.8 Å². The molecule has 4 nitrogen and oxygen atoms in total. The van der Waals surface area contributed by atoms with E-state index in [9.17, 15) is 0 Å². The summed E-state index contributed by atoms with van der Waals surface area (Å²) in [6.07, 6.45) is 31.7. The summed E-state index contributed by atoms with van der Waals surface area (Å²) >= 11 is 9.65. The molecule has 0 aromatic heterocycles. The molecule has 2 heterocycles. The van der Waals surface area contributed by atoms with Gasteiger partial charge in [0.15, 0.2) is 12.6 Å². The summed E-state index contributed by atoms with van der Waals surface area (Å²) in [6.45, 7) is 7.05. The molecule has 2 rings (SSSR count). The van der Waals surface area contributed by atoms with Crippen LogP contribution in [0.1, 0.15) is 168 Å². The lowest BCUT2D eigenvalue weighted by Crippen LogP contribution is -2.54. The van der Waals surface area contributed by atoms with E-state index in [0.29, 0.717) is 26.4 Å². The first-order chi connectivity index (χ1) is 20.1. The molecular formula is C35H68O4S2. The van der Waals surface area contributed by atoms with E-state index < -0.39 is 0 Å². The van der Waals surface area contributed by atoms with Crippen LogP contribution in [-0.4, -0.2) is 49.5 Å². The van der Waals surface area contributed by atoms with Gasteiger partial charge in [0.2, 0.25) is 0 Å². The zero-order chi connectivity index (χ0) is 29.4. The zero-order valence-electron chi connectivity index (χ0n) is 27.1. The van der Waals surface area contributed by atoms with Gasteiger partial charge >= 0.3 is 0 Å². The van der Waals surface area contributed by atoms with Gasteiger partial charge in [-0.1, -0.05) is 155 Å². The summed E-state index contributed by atoms with van der Waals surface area (Å²) < 4.78 is 24.6. The Bertz CT molecular complexity index is 523. The van der Waals surface area contributed by atoms with E-state index >= 15 is 0 Å². The predicted octanol–water partition coefficient (Wildman–Crippen LogP) is 10.7. The monoisotopic (exact) mass is 616 g/mol. The molecule has 2 saturated heterocycles. The maximum absolute atomic E-state index is 6.15. The standard InChI is InChI=1S/C35H68O4S2/c1-3-5-7-9-11-13-15-17-19-21-23-25-31(40)33-36-27-35(28-37-33)29-38-34(39-30-35)32(41)26-24-22-20-18-16-14-12-10-8-6-4-2/h31-34,40-41H,3-30H2,1-2H3. The maximum Gasteiger partial charge on any atom is 0.169 e. The molecule has 2 aliphatic rings. The van der Waals surface area contributed by atoms with E-state index in [1.165, 1.54) is 141 Å². The van der Waals surface area contributed by atoms with Crippen molar-refractivity contribution >= 4 is 25.3 Å². The topological polar surface area (TPSA) is 36.9 Å². The second-order valence-corrected chi connectivity index (χ2v) is 14.6. The Morgan fingerprint density at radius 3 is 0.951 bits per heavy atom. The lowest BCUT2D eigenvalue weighted by Gasteiger charge is -2.45. The first-order valence-electron chi connectivity index (χ1n) is 17.9. The molecule has 2 unspecified atom stereocenters. The van der Waals surface area contributed by atoms with E-state index in [4.69, 9.17) is 44.2 Å². The second kappa shape index (κ2) is 24.8. The van der Waals surface area contributed by atoms with Gasteiger partial charge in [-0.25, -0.2) is 0 Å². The van der Waals surface area contributed by atoms with E-state index in [-0.39, 0.29) is 28.5 Å². The molecule has 0 aromatic rings. The smallest absolute Gasteiger partial charge is 0.169 e. The molecule has 2 fully saturated rings. The van der Waals surface area contributed by atoms with Crippen molar-refractivity contribution in [2.45, 2.75) is 191 Å². The molecule has 0 aromatic carbocycles. The van der Waals surface area contributed by atoms with Crippen LogP contribution in [0.25, 0.3) is 0 Å². The molecule has 244 valence electrons. The Kier molecular flexibility index (Phi) is 22.8. The molecule has 6 heteroatoms. The summed E-state index contributed by atoms with van der Waals surface area (Å²) in [5, 5.41) is 0.272. The van der Waals surface area contributed by atoms with Gasteiger partial charge in [-0.15, -0.1) is 0 Å². The summed E-state index contributed by atoms with van der Waals surface area (Å²) in [4.78, 5) is 0. The van der Waals surface area contributed by atoms with Crippen molar-refractivity contribution in [2.24, 2.45) is 5.41 Å². The predicted molar refractivity (Wildman–Crippen MR) is 182 cm³/mol. The highest BCUT2D eigenvalue weighted by atomic mass is 32.1. The minimum atomic E-state index is -0.219. The van der Waals surface area contributed by atoms with Crippen molar-refractivity contribution in [2.75, 3.05) is 26.4 Å². The molecule has 41 heavy (non-hydrogen) atoms. The minimum absolute atomic E-state index is 0.136. The average Bonchev–Trinajstić information content (AvgIpc) is 2.99. The fourth-order valence-electron chi connectivity index (χ4n) is 6.13. The van der Waals surface area contributed by atoms with Gasteiger partial charge in [0.1, 0.15) is 0 Å². The zero-order valence-corrected chi connectivity index (χ0v) is 28.9. The number of unbranched alkanes of at least 4 members (excludes halogenated alkanes) is 20. The number of ether oxygens (including phenoxy) is 4. The SMILES string of the molecule is CCCCCCCCCCCCCC(S)C1OCC2(CO1)COC(C(S)CCCCCCCCCCCCC)OC2. The first kappa shape index (κ1) is 37.7. The fourth-order valence-corrected chi connectivity index (χ4v) is 6.84. The van der Waals surface area contributed by atoms with Crippen LogP contribution in [0.15, 0.2) is 0 Å². The molecule has 0 aliphatic carbocycles. The van der Waals surface area contributed by atoms with Crippen LogP contribution in [0, 0.1) is 5.41 Å². The van der Waals surface area contributed by atoms with Gasteiger partial charge in [-0.05, 0) is 12.8 Å². The third-order valence-corrected chi connectivity index (χ3v) is 10.1. The molecule has 1 spiro atoms. The van der Waals surface area contributed by atoms with Crippen LogP contribution in [0.5, 0.6) is 0 Å². The highest BCUT2D eigenvalue weighted by Crippen LogP contribution is 2.34. The summed E-state index contributed by atoms with van der Waals surface area (Å²) in [6, 6.07) is 0. The molecular weight excluding hydrogens is 549 g/mol. The lowest BCUT2D eigenvalue weighted by atomic mass is 9.90. The van der Waals surface area contributed by atoms with Gasteiger partial charge in [0.25, 0.3) is 0 Å². The Morgan fingerprint density at radius 2 is 0.683 bits per heavy atom. The van der Waals surface area contributed by atoms with Crippen molar-refractivity contribution in [3.63, 3.8) is 0 Å². The highest BCUT2D eigenvalue weighted by molar-refractivity contribution is 7.81. The van der Waals surface area contributed by atoms with Gasteiger partial charge in [-0.2, -0.15) is 25.3 Å². The number of rotatable bonds is 26. The molecule has 2 atom stereocenters. The third kappa shape index (κ3) is 17.6. The van der Waals surface area contributed by atoms with Crippen molar-refractivity contribution in [1.29, 1.82) is 0 Å². The van der Waals surface area contributed by atoms with Gasteiger partial charge in [0, 0.05) is 0 Å². The highest BCUT2D eigenvalue weighted by Gasteiger charge is 2.44. The Morgan fingerprint density at radius 1 is 0.439 bits per heavy atom. The Labute approximate surface area is 266 Å². The maximum atomic E-state index is 6.15. The van der Waals surface area contributed by atoms with Gasteiger partial charge in [0.05, 0.1) is 42.3 Å². The van der Waals surface area contributed by atoms with Crippen LogP contribution in [0.3, 0.4) is 0 Å². The average molecular weight is 617 g/mol. The summed E-state index contributed by atoms with van der Waals surface area (Å²) in [5.74, 6) is 0. The molecule has 2 aliphatic heterocycles. The van der Waals surface area contributed by atoms with Crippen LogP contribution >= 0.6 is 25.3 Å². The Hall–Kier alpha value is 0.540. The molecule has 0 N–H and O–H groups in total. The molecule has 0 radical (unpaired) electrons. The molecule has 0 saturated carbocycles. The largest absolute Gasteiger partial charge is 0.351 e. The van der Waals surface area contributed by atoms with E-state index in [1.807, 2.05) is 0 Å². The van der Waals surface area contributed by atoms with Crippen molar-refractivity contribution < 1.29 is 18.9 Å². The first-order valence-corrected chi connectivity index (χ1v) is 19.0. The Balaban J connectivity index is 1.43. The third-order valence-electron chi connectivity index (χ3n) is 9.05. The van der Waals surface area contributed by atoms with Crippen LogP contribution in [0.4, 0.5) is 0 Å². The minimum Gasteiger partial charge on any atom is -0.351 e. The van der Waals surface area contributed by atoms with Crippen molar-refractivity contribution in [1.82, 2.24) is 0 Å². The number of hydrogen-bond acceptors (Lipinski definition) is 6. The summed E-state index contributed by atoms with van der Waals surface area (Å²) in [5.41, 5.74) is -0.193. The quantitative estimate of drug-likeness (QED) is 0.0749. The molecule has 0 bridgehead atoms. The van der Waals surface area contributed by atoms with Crippen molar-refractivity contribution in [3.8, 4) is 0 Å². The van der Waals surface area contributed by atoms with Crippen LogP contribution in [-0.2, 0) is 18.9 Å².